The maximum absolute atomic E-state index is 9.77. The molecule has 1 aromatic heterocycles. The molecule has 0 aliphatic carbocycles. The zero-order valence-corrected chi connectivity index (χ0v) is 15.5. The van der Waals surface area contributed by atoms with E-state index < -0.39 is 6.23 Å². The molecule has 0 aliphatic heterocycles. The molecule has 136 valence electrons. The number of hydrogen-bond acceptors (Lipinski definition) is 3. The van der Waals surface area contributed by atoms with E-state index in [0.717, 1.165) is 5.56 Å². The molecule has 1 atom stereocenters. The van der Waals surface area contributed by atoms with Gasteiger partial charge in [-0.1, -0.05) is 36.4 Å². The third-order valence-electron chi connectivity index (χ3n) is 4.90. The van der Waals surface area contributed by atoms with Gasteiger partial charge in [0.05, 0.1) is 0 Å². The topological polar surface area (TPSA) is 57.4 Å². The molecular weight excluding hydrogens is 348 g/mol. The van der Waals surface area contributed by atoms with E-state index in [1.807, 2.05) is 0 Å². The SMILES string of the molecule is Cl.Cn1c2ccc(CNC(O)CCO)cc2c2c3ccccc3ccc21. The second-order valence-electron chi connectivity index (χ2n) is 6.50. The van der Waals surface area contributed by atoms with Gasteiger partial charge in [0.1, 0.15) is 6.23 Å². The van der Waals surface area contributed by atoms with Crippen molar-refractivity contribution in [2.24, 2.45) is 7.05 Å². The molecule has 1 unspecified atom stereocenters. The largest absolute Gasteiger partial charge is 0.396 e. The molecule has 0 radical (unpaired) electrons. The van der Waals surface area contributed by atoms with Gasteiger partial charge >= 0.3 is 0 Å². The van der Waals surface area contributed by atoms with E-state index in [1.54, 1.807) is 0 Å². The first kappa shape index (κ1) is 18.7. The number of hydrogen-bond donors (Lipinski definition) is 3. The summed E-state index contributed by atoms with van der Waals surface area (Å²) in [6.07, 6.45) is -0.352. The summed E-state index contributed by atoms with van der Waals surface area (Å²) >= 11 is 0. The van der Waals surface area contributed by atoms with Gasteiger partial charge in [-0.25, -0.2) is 0 Å². The van der Waals surface area contributed by atoms with E-state index >= 15 is 0 Å². The van der Waals surface area contributed by atoms with Gasteiger partial charge in [-0.15, -0.1) is 12.4 Å². The molecule has 0 saturated heterocycles. The van der Waals surface area contributed by atoms with Crippen LogP contribution in [0, 0.1) is 0 Å². The summed E-state index contributed by atoms with van der Waals surface area (Å²) in [5.41, 5.74) is 3.54. The van der Waals surface area contributed by atoms with Crippen LogP contribution in [-0.4, -0.2) is 27.6 Å². The molecule has 26 heavy (non-hydrogen) atoms. The molecule has 0 saturated carbocycles. The Bertz CT molecular complexity index is 1060. The van der Waals surface area contributed by atoms with Crippen LogP contribution in [0.2, 0.25) is 0 Å². The number of aliphatic hydroxyl groups is 2. The maximum Gasteiger partial charge on any atom is 0.107 e. The molecule has 0 amide bonds. The molecule has 3 N–H and O–H groups in total. The molecule has 4 nitrogen and oxygen atoms in total. The number of halogens is 1. The molecular formula is C21H23ClN2O2. The molecule has 4 rings (SSSR count). The predicted molar refractivity (Wildman–Crippen MR) is 110 cm³/mol. The molecule has 5 heteroatoms. The number of rotatable bonds is 5. The highest BCUT2D eigenvalue weighted by Gasteiger charge is 2.12. The van der Waals surface area contributed by atoms with Crippen LogP contribution in [0.1, 0.15) is 12.0 Å². The molecule has 1 heterocycles. The molecule has 0 aliphatic rings. The van der Waals surface area contributed by atoms with Crippen molar-refractivity contribution in [1.82, 2.24) is 9.88 Å². The second-order valence-corrected chi connectivity index (χ2v) is 6.50. The van der Waals surface area contributed by atoms with Gasteiger partial charge in [-0.2, -0.15) is 0 Å². The van der Waals surface area contributed by atoms with Crippen LogP contribution in [0.5, 0.6) is 0 Å². The monoisotopic (exact) mass is 370 g/mol. The van der Waals surface area contributed by atoms with Crippen LogP contribution in [0.4, 0.5) is 0 Å². The van der Waals surface area contributed by atoms with E-state index in [1.165, 1.54) is 32.6 Å². The molecule has 0 spiro atoms. The maximum atomic E-state index is 9.77. The van der Waals surface area contributed by atoms with Crippen molar-refractivity contribution in [2.75, 3.05) is 6.61 Å². The zero-order valence-electron chi connectivity index (χ0n) is 14.6. The predicted octanol–water partition coefficient (Wildman–Crippen LogP) is 3.70. The Balaban J connectivity index is 0.00000196. The van der Waals surface area contributed by atoms with Crippen LogP contribution in [0.25, 0.3) is 32.6 Å². The van der Waals surface area contributed by atoms with Crippen LogP contribution in [0.3, 0.4) is 0 Å². The lowest BCUT2D eigenvalue weighted by Crippen LogP contribution is -2.28. The third-order valence-corrected chi connectivity index (χ3v) is 4.90. The number of aromatic nitrogens is 1. The summed E-state index contributed by atoms with van der Waals surface area (Å²) in [5.74, 6) is 0. The van der Waals surface area contributed by atoms with E-state index in [2.05, 4.69) is 71.5 Å². The lowest BCUT2D eigenvalue weighted by atomic mass is 10.0. The summed E-state index contributed by atoms with van der Waals surface area (Å²) in [6, 6.07) is 19.2. The number of nitrogens with zero attached hydrogens (tertiary/aromatic N) is 1. The fourth-order valence-corrected chi connectivity index (χ4v) is 3.60. The average molecular weight is 371 g/mol. The fraction of sp³-hybridized carbons (Fsp3) is 0.238. The van der Waals surface area contributed by atoms with Crippen LogP contribution in [-0.2, 0) is 13.6 Å². The van der Waals surface area contributed by atoms with Gasteiger partial charge in [-0.3, -0.25) is 5.32 Å². The first-order valence-corrected chi connectivity index (χ1v) is 8.60. The van der Waals surface area contributed by atoms with E-state index in [0.29, 0.717) is 13.0 Å². The molecule has 0 bridgehead atoms. The van der Waals surface area contributed by atoms with Gasteiger partial charge in [0, 0.05) is 48.4 Å². The van der Waals surface area contributed by atoms with Crippen molar-refractivity contribution >= 4 is 45.0 Å². The third kappa shape index (κ3) is 3.17. The number of fused-ring (bicyclic) bond motifs is 5. The van der Waals surface area contributed by atoms with Gasteiger partial charge in [0.25, 0.3) is 0 Å². The summed E-state index contributed by atoms with van der Waals surface area (Å²) in [6.45, 7) is 0.542. The van der Waals surface area contributed by atoms with Crippen molar-refractivity contribution in [2.45, 2.75) is 19.2 Å². The first-order chi connectivity index (χ1) is 12.2. The van der Waals surface area contributed by atoms with Crippen LogP contribution < -0.4 is 5.32 Å². The number of aliphatic hydroxyl groups excluding tert-OH is 2. The van der Waals surface area contributed by atoms with Crippen LogP contribution >= 0.6 is 12.4 Å². The normalized spacial score (nSPS) is 12.6. The quantitative estimate of drug-likeness (QED) is 0.469. The van der Waals surface area contributed by atoms with Gasteiger partial charge < -0.3 is 14.8 Å². The van der Waals surface area contributed by atoms with E-state index in [9.17, 15) is 5.11 Å². The standard InChI is InChI=1S/C21H22N2O2.ClH/c1-23-18-8-6-14(13-22-20(25)10-11-24)12-17(18)21-16-5-3-2-4-15(16)7-9-19(21)23;/h2-9,12,20,22,24-25H,10-11,13H2,1H3;1H. The minimum Gasteiger partial charge on any atom is -0.396 e. The lowest BCUT2D eigenvalue weighted by molar-refractivity contribution is 0.101. The molecule has 0 fully saturated rings. The first-order valence-electron chi connectivity index (χ1n) is 8.60. The van der Waals surface area contributed by atoms with Crippen molar-refractivity contribution < 1.29 is 10.2 Å². The number of aryl methyl sites for hydroxylation is 1. The summed E-state index contributed by atoms with van der Waals surface area (Å²) in [5, 5.41) is 26.7. The Hall–Kier alpha value is -2.11. The Morgan fingerprint density at radius 3 is 2.58 bits per heavy atom. The Labute approximate surface area is 158 Å². The summed E-state index contributed by atoms with van der Waals surface area (Å²) in [7, 11) is 2.10. The van der Waals surface area contributed by atoms with Gasteiger partial charge in [-0.05, 0) is 34.5 Å². The summed E-state index contributed by atoms with van der Waals surface area (Å²) < 4.78 is 2.23. The smallest absolute Gasteiger partial charge is 0.107 e. The minimum atomic E-state index is -0.686. The van der Waals surface area contributed by atoms with Crippen molar-refractivity contribution in [3.05, 3.63) is 60.2 Å². The Morgan fingerprint density at radius 1 is 1.00 bits per heavy atom. The van der Waals surface area contributed by atoms with Gasteiger partial charge in [0.15, 0.2) is 0 Å². The highest BCUT2D eigenvalue weighted by molar-refractivity contribution is 6.20. The summed E-state index contributed by atoms with van der Waals surface area (Å²) in [4.78, 5) is 0. The van der Waals surface area contributed by atoms with Crippen LogP contribution in [0.15, 0.2) is 54.6 Å². The lowest BCUT2D eigenvalue weighted by Gasteiger charge is -2.11. The fourth-order valence-electron chi connectivity index (χ4n) is 3.60. The van der Waals surface area contributed by atoms with Crippen molar-refractivity contribution in [3.63, 3.8) is 0 Å². The van der Waals surface area contributed by atoms with Gasteiger partial charge in [0.2, 0.25) is 0 Å². The van der Waals surface area contributed by atoms with Crippen molar-refractivity contribution in [3.8, 4) is 0 Å². The van der Waals surface area contributed by atoms with E-state index in [4.69, 9.17) is 5.11 Å². The van der Waals surface area contributed by atoms with E-state index in [-0.39, 0.29) is 19.0 Å². The Morgan fingerprint density at radius 2 is 1.77 bits per heavy atom. The Kier molecular flexibility index (Phi) is 5.49. The molecule has 4 aromatic rings. The highest BCUT2D eigenvalue weighted by Crippen LogP contribution is 2.34. The number of benzene rings is 3. The number of nitrogens with one attached hydrogen (secondary N) is 1. The highest BCUT2D eigenvalue weighted by atomic mass is 35.5. The molecule has 3 aromatic carbocycles. The van der Waals surface area contributed by atoms with Crippen molar-refractivity contribution in [1.29, 1.82) is 0 Å². The second kappa shape index (κ2) is 7.64. The minimum absolute atomic E-state index is 0. The zero-order chi connectivity index (χ0) is 17.4. The average Bonchev–Trinajstić information content (AvgIpc) is 2.93.